The van der Waals surface area contributed by atoms with Crippen molar-refractivity contribution >= 4 is 5.97 Å². The number of esters is 1. The molecular weight excluding hydrogens is 250 g/mol. The highest BCUT2D eigenvalue weighted by atomic mass is 16.6. The van der Waals surface area contributed by atoms with Gasteiger partial charge in [0.1, 0.15) is 5.60 Å². The molecule has 110 valence electrons. The zero-order chi connectivity index (χ0) is 14.8. The largest absolute Gasteiger partial charge is 0.460 e. The van der Waals surface area contributed by atoms with Gasteiger partial charge >= 0.3 is 5.97 Å². The number of ether oxygens (including phenoxy) is 1. The van der Waals surface area contributed by atoms with E-state index < -0.39 is 5.60 Å². The number of carbonyl (C=O) groups is 1. The van der Waals surface area contributed by atoms with E-state index in [2.05, 4.69) is 24.3 Å². The van der Waals surface area contributed by atoms with Gasteiger partial charge in [-0.3, -0.25) is 4.79 Å². The Bertz CT molecular complexity index is 472. The number of benzene rings is 1. The predicted molar refractivity (Wildman–Crippen MR) is 80.5 cm³/mol. The maximum absolute atomic E-state index is 12.1. The van der Waals surface area contributed by atoms with Crippen molar-refractivity contribution in [3.05, 3.63) is 35.4 Å². The Labute approximate surface area is 121 Å². The van der Waals surface area contributed by atoms with Crippen LogP contribution in [-0.2, 0) is 16.0 Å². The highest BCUT2D eigenvalue weighted by molar-refractivity contribution is 5.73. The molecule has 0 radical (unpaired) electrons. The molecule has 3 heteroatoms. The third kappa shape index (κ3) is 4.34. The Morgan fingerprint density at radius 3 is 2.65 bits per heavy atom. The van der Waals surface area contributed by atoms with Gasteiger partial charge < -0.3 is 10.5 Å². The molecule has 2 rings (SSSR count). The van der Waals surface area contributed by atoms with Gasteiger partial charge in [-0.05, 0) is 57.1 Å². The van der Waals surface area contributed by atoms with E-state index in [0.29, 0.717) is 13.0 Å². The van der Waals surface area contributed by atoms with Crippen LogP contribution in [0.2, 0.25) is 0 Å². The maximum Gasteiger partial charge on any atom is 0.311 e. The van der Waals surface area contributed by atoms with Gasteiger partial charge in [-0.1, -0.05) is 24.3 Å². The van der Waals surface area contributed by atoms with Crippen LogP contribution >= 0.6 is 0 Å². The molecule has 1 unspecified atom stereocenters. The van der Waals surface area contributed by atoms with Crippen LogP contribution in [0.15, 0.2) is 24.3 Å². The molecule has 0 aliphatic heterocycles. The van der Waals surface area contributed by atoms with Gasteiger partial charge in [0, 0.05) is 6.54 Å². The second-order valence-electron chi connectivity index (χ2n) is 6.69. The molecule has 1 atom stereocenters. The van der Waals surface area contributed by atoms with Crippen molar-refractivity contribution in [2.75, 3.05) is 6.54 Å². The third-order valence-electron chi connectivity index (χ3n) is 3.51. The Morgan fingerprint density at radius 1 is 1.40 bits per heavy atom. The van der Waals surface area contributed by atoms with E-state index in [0.717, 1.165) is 5.92 Å². The smallest absolute Gasteiger partial charge is 0.311 e. The molecule has 0 amide bonds. The molecule has 0 aromatic heterocycles. The molecule has 1 aromatic rings. The Kier molecular flexibility index (Phi) is 4.48. The topological polar surface area (TPSA) is 52.3 Å². The van der Waals surface area contributed by atoms with Crippen LogP contribution in [0, 0.1) is 5.92 Å². The van der Waals surface area contributed by atoms with Crippen LogP contribution in [0.1, 0.15) is 50.7 Å². The fraction of sp³-hybridized carbons (Fsp3) is 0.588. The average molecular weight is 275 g/mol. The first-order valence-electron chi connectivity index (χ1n) is 7.41. The summed E-state index contributed by atoms with van der Waals surface area (Å²) in [5.74, 6) is 0.272. The van der Waals surface area contributed by atoms with Gasteiger partial charge in [-0.25, -0.2) is 0 Å². The summed E-state index contributed by atoms with van der Waals surface area (Å²) in [4.78, 5) is 12.1. The molecule has 3 nitrogen and oxygen atoms in total. The number of nitrogens with two attached hydrogens (primary N) is 1. The van der Waals surface area contributed by atoms with Crippen molar-refractivity contribution in [3.63, 3.8) is 0 Å². The van der Waals surface area contributed by atoms with Crippen molar-refractivity contribution in [3.8, 4) is 0 Å². The normalized spacial score (nSPS) is 16.8. The second kappa shape index (κ2) is 5.96. The van der Waals surface area contributed by atoms with E-state index in [9.17, 15) is 4.79 Å². The van der Waals surface area contributed by atoms with E-state index in [1.807, 2.05) is 20.8 Å². The first kappa shape index (κ1) is 15.0. The van der Waals surface area contributed by atoms with Crippen LogP contribution in [0.3, 0.4) is 0 Å². The number of hydrogen-bond donors (Lipinski definition) is 1. The Balaban J connectivity index is 2.02. The van der Waals surface area contributed by atoms with E-state index in [1.54, 1.807) is 0 Å². The Morgan fingerprint density at radius 2 is 2.10 bits per heavy atom. The fourth-order valence-corrected chi connectivity index (χ4v) is 2.32. The minimum Gasteiger partial charge on any atom is -0.460 e. The molecule has 20 heavy (non-hydrogen) atoms. The minimum absolute atomic E-state index is 0.197. The lowest BCUT2D eigenvalue weighted by atomic mass is 9.97. The van der Waals surface area contributed by atoms with Crippen LogP contribution in [-0.4, -0.2) is 18.1 Å². The van der Waals surface area contributed by atoms with E-state index in [1.165, 1.54) is 24.0 Å². The summed E-state index contributed by atoms with van der Waals surface area (Å²) in [6.07, 6.45) is 3.23. The quantitative estimate of drug-likeness (QED) is 0.840. The summed E-state index contributed by atoms with van der Waals surface area (Å²) in [7, 11) is 0. The van der Waals surface area contributed by atoms with Gasteiger partial charge in [0.05, 0.1) is 5.92 Å². The van der Waals surface area contributed by atoms with Gasteiger partial charge in [0.15, 0.2) is 0 Å². The summed E-state index contributed by atoms with van der Waals surface area (Å²) in [5, 5.41) is 0. The minimum atomic E-state index is -0.458. The molecule has 1 fully saturated rings. The summed E-state index contributed by atoms with van der Waals surface area (Å²) < 4.78 is 5.43. The number of rotatable bonds is 5. The van der Waals surface area contributed by atoms with Gasteiger partial charge in [-0.15, -0.1) is 0 Å². The van der Waals surface area contributed by atoms with Crippen molar-refractivity contribution in [2.45, 2.75) is 51.6 Å². The molecule has 0 bridgehead atoms. The fourth-order valence-electron chi connectivity index (χ4n) is 2.32. The van der Waals surface area contributed by atoms with Crippen molar-refractivity contribution in [2.24, 2.45) is 11.7 Å². The van der Waals surface area contributed by atoms with Gasteiger partial charge in [-0.2, -0.15) is 0 Å². The van der Waals surface area contributed by atoms with Crippen LogP contribution < -0.4 is 5.73 Å². The highest BCUT2D eigenvalue weighted by Crippen LogP contribution is 2.40. The molecule has 1 aliphatic carbocycles. The standard InChI is InChI=1S/C17H25NO2/c1-17(2,3)20-16(19)15(11-18)10-12-5-4-6-14(9-12)13-7-8-13/h4-6,9,13,15H,7-8,10-11,18H2,1-3H3. The third-order valence-corrected chi connectivity index (χ3v) is 3.51. The summed E-state index contributed by atoms with van der Waals surface area (Å²) >= 11 is 0. The monoisotopic (exact) mass is 275 g/mol. The Hall–Kier alpha value is -1.35. The van der Waals surface area contributed by atoms with Crippen molar-refractivity contribution in [1.29, 1.82) is 0 Å². The van der Waals surface area contributed by atoms with Crippen LogP contribution in [0.4, 0.5) is 0 Å². The first-order valence-corrected chi connectivity index (χ1v) is 7.41. The molecule has 2 N–H and O–H groups in total. The molecule has 0 saturated heterocycles. The van der Waals surface area contributed by atoms with E-state index in [-0.39, 0.29) is 11.9 Å². The maximum atomic E-state index is 12.1. The zero-order valence-corrected chi connectivity index (χ0v) is 12.7. The molecule has 1 aromatic carbocycles. The lowest BCUT2D eigenvalue weighted by molar-refractivity contribution is -0.159. The zero-order valence-electron chi connectivity index (χ0n) is 12.7. The summed E-state index contributed by atoms with van der Waals surface area (Å²) in [6.45, 7) is 5.97. The van der Waals surface area contributed by atoms with E-state index in [4.69, 9.17) is 10.5 Å². The number of carbonyl (C=O) groups excluding carboxylic acids is 1. The van der Waals surface area contributed by atoms with Gasteiger partial charge in [0.2, 0.25) is 0 Å². The number of hydrogen-bond acceptors (Lipinski definition) is 3. The molecule has 0 spiro atoms. The molecule has 0 heterocycles. The average Bonchev–Trinajstić information content (AvgIpc) is 3.18. The molecule has 1 saturated carbocycles. The van der Waals surface area contributed by atoms with Gasteiger partial charge in [0.25, 0.3) is 0 Å². The van der Waals surface area contributed by atoms with Crippen molar-refractivity contribution < 1.29 is 9.53 Å². The highest BCUT2D eigenvalue weighted by Gasteiger charge is 2.26. The molecular formula is C17H25NO2. The predicted octanol–water partition coefficient (Wildman–Crippen LogP) is 3.02. The van der Waals surface area contributed by atoms with Crippen molar-refractivity contribution in [1.82, 2.24) is 0 Å². The lowest BCUT2D eigenvalue weighted by Gasteiger charge is -2.23. The SMILES string of the molecule is CC(C)(C)OC(=O)C(CN)Cc1cccc(C2CC2)c1. The van der Waals surface area contributed by atoms with E-state index >= 15 is 0 Å². The van der Waals surface area contributed by atoms with Crippen LogP contribution in [0.25, 0.3) is 0 Å². The summed E-state index contributed by atoms with van der Waals surface area (Å²) in [5.41, 5.74) is 7.86. The second-order valence-corrected chi connectivity index (χ2v) is 6.69. The summed E-state index contributed by atoms with van der Waals surface area (Å²) in [6, 6.07) is 8.53. The lowest BCUT2D eigenvalue weighted by Crippen LogP contribution is -2.33. The first-order chi connectivity index (χ1) is 9.39. The van der Waals surface area contributed by atoms with Crippen LogP contribution in [0.5, 0.6) is 0 Å². The molecule has 1 aliphatic rings.